The molecule has 2 heterocycles. The minimum absolute atomic E-state index is 0.871. The van der Waals surface area contributed by atoms with Crippen LogP contribution in [0.15, 0.2) is 54.7 Å². The first-order chi connectivity index (χ1) is 11.8. The molecular weight excluding hydrogens is 300 g/mol. The number of nitrogens with one attached hydrogen (secondary N) is 1. The van der Waals surface area contributed by atoms with Crippen LogP contribution in [0.25, 0.3) is 10.9 Å². The van der Waals surface area contributed by atoms with E-state index in [4.69, 9.17) is 9.47 Å². The summed E-state index contributed by atoms with van der Waals surface area (Å²) >= 11 is 0. The number of fused-ring (bicyclic) bond motifs is 2. The van der Waals surface area contributed by atoms with Crippen molar-refractivity contribution in [2.75, 3.05) is 26.1 Å². The zero-order chi connectivity index (χ0) is 16.8. The molecule has 0 aliphatic carbocycles. The lowest BCUT2D eigenvalue weighted by molar-refractivity contribution is 0.414. The maximum Gasteiger partial charge on any atom is 0.119 e. The molecule has 0 bridgehead atoms. The Morgan fingerprint density at radius 2 is 1.75 bits per heavy atom. The Hall–Kier alpha value is -2.75. The standard InChI is InChI=1S/C10H13NO.C10H9NO/c2*1-12-9-4-5-10-8(7-9)3-2-6-11-10/h4-5,7,11H,2-3,6H2,1H3;2-7H,1H3. The van der Waals surface area contributed by atoms with Gasteiger partial charge in [0.1, 0.15) is 11.5 Å². The lowest BCUT2D eigenvalue weighted by Crippen LogP contribution is -2.11. The number of rotatable bonds is 2. The number of hydrogen-bond donors (Lipinski definition) is 1. The van der Waals surface area contributed by atoms with Crippen LogP contribution < -0.4 is 14.8 Å². The molecule has 124 valence electrons. The fourth-order valence-electron chi connectivity index (χ4n) is 2.76. The Bertz CT molecular complexity index is 818. The van der Waals surface area contributed by atoms with Gasteiger partial charge in [0, 0.05) is 23.8 Å². The molecule has 0 radical (unpaired) electrons. The number of nitrogens with zero attached hydrogens (tertiary/aromatic N) is 1. The van der Waals surface area contributed by atoms with Gasteiger partial charge in [-0.1, -0.05) is 6.07 Å². The first kappa shape index (κ1) is 16.1. The normalized spacial score (nSPS) is 12.4. The van der Waals surface area contributed by atoms with Crippen molar-refractivity contribution in [2.45, 2.75) is 12.8 Å². The summed E-state index contributed by atoms with van der Waals surface area (Å²) in [5, 5.41) is 4.47. The van der Waals surface area contributed by atoms with E-state index in [2.05, 4.69) is 22.4 Å². The Morgan fingerprint density at radius 1 is 0.958 bits per heavy atom. The first-order valence-electron chi connectivity index (χ1n) is 8.10. The Morgan fingerprint density at radius 3 is 2.58 bits per heavy atom. The number of aromatic nitrogens is 1. The van der Waals surface area contributed by atoms with Crippen molar-refractivity contribution in [3.8, 4) is 11.5 Å². The molecule has 1 N–H and O–H groups in total. The quantitative estimate of drug-likeness (QED) is 0.764. The van der Waals surface area contributed by atoms with E-state index in [1.165, 1.54) is 24.1 Å². The van der Waals surface area contributed by atoms with Gasteiger partial charge in [0.15, 0.2) is 0 Å². The molecule has 24 heavy (non-hydrogen) atoms. The third kappa shape index (κ3) is 3.77. The molecule has 1 aromatic heterocycles. The molecule has 4 rings (SSSR count). The molecule has 2 aromatic carbocycles. The topological polar surface area (TPSA) is 43.4 Å². The number of aryl methyl sites for hydroxylation is 1. The van der Waals surface area contributed by atoms with Gasteiger partial charge in [-0.15, -0.1) is 0 Å². The molecule has 0 amide bonds. The van der Waals surface area contributed by atoms with Crippen molar-refractivity contribution in [1.29, 1.82) is 0 Å². The van der Waals surface area contributed by atoms with Crippen LogP contribution in [0.4, 0.5) is 5.69 Å². The summed E-state index contributed by atoms with van der Waals surface area (Å²) in [5.74, 6) is 1.83. The van der Waals surface area contributed by atoms with Crippen LogP contribution in [0, 0.1) is 0 Å². The van der Waals surface area contributed by atoms with Crippen molar-refractivity contribution in [1.82, 2.24) is 4.98 Å². The predicted octanol–water partition coefficient (Wildman–Crippen LogP) is 4.30. The second kappa shape index (κ2) is 7.68. The molecule has 0 saturated carbocycles. The molecule has 1 aliphatic rings. The van der Waals surface area contributed by atoms with Crippen LogP contribution in [-0.4, -0.2) is 25.7 Å². The summed E-state index contributed by atoms with van der Waals surface area (Å²) in [7, 11) is 3.37. The monoisotopic (exact) mass is 322 g/mol. The smallest absolute Gasteiger partial charge is 0.119 e. The van der Waals surface area contributed by atoms with Crippen molar-refractivity contribution in [3.05, 3.63) is 60.3 Å². The number of ether oxygens (including phenoxy) is 2. The fourth-order valence-corrected chi connectivity index (χ4v) is 2.76. The summed E-state index contributed by atoms with van der Waals surface area (Å²) in [4.78, 5) is 4.20. The largest absolute Gasteiger partial charge is 0.497 e. The molecule has 4 nitrogen and oxygen atoms in total. The van der Waals surface area contributed by atoms with E-state index in [1.807, 2.05) is 36.4 Å². The summed E-state index contributed by atoms with van der Waals surface area (Å²) in [6.07, 6.45) is 4.18. The van der Waals surface area contributed by atoms with Crippen LogP contribution in [-0.2, 0) is 6.42 Å². The molecular formula is C20H22N2O2. The first-order valence-corrected chi connectivity index (χ1v) is 8.10. The van der Waals surface area contributed by atoms with Crippen molar-refractivity contribution in [2.24, 2.45) is 0 Å². The summed E-state index contributed by atoms with van der Waals surface area (Å²) < 4.78 is 10.2. The van der Waals surface area contributed by atoms with Gasteiger partial charge in [-0.3, -0.25) is 4.98 Å². The molecule has 3 aromatic rings. The average molecular weight is 322 g/mol. The maximum atomic E-state index is 5.15. The lowest BCUT2D eigenvalue weighted by Gasteiger charge is -2.18. The zero-order valence-electron chi connectivity index (χ0n) is 14.1. The van der Waals surface area contributed by atoms with Gasteiger partial charge >= 0.3 is 0 Å². The van der Waals surface area contributed by atoms with E-state index in [-0.39, 0.29) is 0 Å². The van der Waals surface area contributed by atoms with Crippen LogP contribution >= 0.6 is 0 Å². The van der Waals surface area contributed by atoms with E-state index in [0.29, 0.717) is 0 Å². The van der Waals surface area contributed by atoms with Gasteiger partial charge in [-0.05, 0) is 60.9 Å². The highest BCUT2D eigenvalue weighted by molar-refractivity contribution is 5.79. The van der Waals surface area contributed by atoms with E-state index < -0.39 is 0 Å². The fraction of sp³-hybridized carbons (Fsp3) is 0.250. The Labute approximate surface area is 142 Å². The molecule has 1 aliphatic heterocycles. The third-order valence-electron chi connectivity index (χ3n) is 4.06. The molecule has 0 saturated heterocycles. The highest BCUT2D eigenvalue weighted by atomic mass is 16.5. The van der Waals surface area contributed by atoms with Gasteiger partial charge in [-0.25, -0.2) is 0 Å². The van der Waals surface area contributed by atoms with Gasteiger partial charge < -0.3 is 14.8 Å². The molecule has 0 fully saturated rings. The van der Waals surface area contributed by atoms with Crippen molar-refractivity contribution in [3.63, 3.8) is 0 Å². The van der Waals surface area contributed by atoms with Crippen LogP contribution in [0.1, 0.15) is 12.0 Å². The minimum atomic E-state index is 0.871. The summed E-state index contributed by atoms with van der Waals surface area (Å²) in [6.45, 7) is 1.10. The van der Waals surface area contributed by atoms with E-state index in [1.54, 1.807) is 20.4 Å². The average Bonchev–Trinajstić information content (AvgIpc) is 2.67. The SMILES string of the molecule is COc1ccc2c(c1)CCCN2.COc1ccc2ncccc2c1. The van der Waals surface area contributed by atoms with Gasteiger partial charge in [0.25, 0.3) is 0 Å². The highest BCUT2D eigenvalue weighted by Gasteiger charge is 2.08. The highest BCUT2D eigenvalue weighted by Crippen LogP contribution is 2.25. The second-order valence-corrected chi connectivity index (χ2v) is 5.62. The summed E-state index contributed by atoms with van der Waals surface area (Å²) in [6, 6.07) is 16.0. The van der Waals surface area contributed by atoms with Gasteiger partial charge in [0.05, 0.1) is 19.7 Å². The maximum absolute atomic E-state index is 5.15. The number of hydrogen-bond acceptors (Lipinski definition) is 4. The van der Waals surface area contributed by atoms with Gasteiger partial charge in [-0.2, -0.15) is 0 Å². The van der Waals surface area contributed by atoms with Crippen LogP contribution in [0.3, 0.4) is 0 Å². The zero-order valence-corrected chi connectivity index (χ0v) is 14.1. The number of anilines is 1. The van der Waals surface area contributed by atoms with Crippen LogP contribution in [0.2, 0.25) is 0 Å². The summed E-state index contributed by atoms with van der Waals surface area (Å²) in [5.41, 5.74) is 3.64. The number of methoxy groups -OCH3 is 2. The van der Waals surface area contributed by atoms with E-state index >= 15 is 0 Å². The van der Waals surface area contributed by atoms with E-state index in [0.717, 1.165) is 28.9 Å². The van der Waals surface area contributed by atoms with Crippen molar-refractivity contribution >= 4 is 16.6 Å². The predicted molar refractivity (Wildman–Crippen MR) is 98.1 cm³/mol. The number of pyridine rings is 1. The minimum Gasteiger partial charge on any atom is -0.497 e. The Balaban J connectivity index is 0.000000141. The van der Waals surface area contributed by atoms with Crippen molar-refractivity contribution < 1.29 is 9.47 Å². The Kier molecular flexibility index (Phi) is 5.16. The number of benzene rings is 2. The lowest BCUT2D eigenvalue weighted by atomic mass is 10.0. The third-order valence-corrected chi connectivity index (χ3v) is 4.06. The molecule has 0 spiro atoms. The van der Waals surface area contributed by atoms with E-state index in [9.17, 15) is 0 Å². The molecule has 0 atom stereocenters. The van der Waals surface area contributed by atoms with Gasteiger partial charge in [0.2, 0.25) is 0 Å². The second-order valence-electron chi connectivity index (χ2n) is 5.62. The molecule has 4 heteroatoms. The molecule has 0 unspecified atom stereocenters. The van der Waals surface area contributed by atoms with Crippen LogP contribution in [0.5, 0.6) is 11.5 Å².